The first kappa shape index (κ1) is 15.7. The number of amides is 1. The molecule has 5 heteroatoms. The van der Waals surface area contributed by atoms with Gasteiger partial charge in [0.15, 0.2) is 0 Å². The van der Waals surface area contributed by atoms with Crippen LogP contribution in [0.15, 0.2) is 18.2 Å². The summed E-state index contributed by atoms with van der Waals surface area (Å²) in [5, 5.41) is 12.5. The van der Waals surface area contributed by atoms with Gasteiger partial charge in [-0.2, -0.15) is 11.8 Å². The molecule has 1 aromatic rings. The van der Waals surface area contributed by atoms with E-state index in [1.807, 2.05) is 11.8 Å². The summed E-state index contributed by atoms with van der Waals surface area (Å²) in [4.78, 5) is 11.9. The Morgan fingerprint density at radius 2 is 2.16 bits per heavy atom. The molecule has 0 aliphatic carbocycles. The van der Waals surface area contributed by atoms with Crippen molar-refractivity contribution in [1.29, 1.82) is 0 Å². The van der Waals surface area contributed by atoms with Gasteiger partial charge < -0.3 is 15.2 Å². The minimum atomic E-state index is -0.263. The zero-order chi connectivity index (χ0) is 14.1. The van der Waals surface area contributed by atoms with Gasteiger partial charge in [0, 0.05) is 6.54 Å². The number of unbranched alkanes of at least 4 members (excludes halogenated alkanes) is 2. The molecule has 0 bridgehead atoms. The minimum absolute atomic E-state index is 0.0271. The van der Waals surface area contributed by atoms with Crippen LogP contribution < -0.4 is 10.1 Å². The maximum atomic E-state index is 11.9. The van der Waals surface area contributed by atoms with Crippen molar-refractivity contribution in [1.82, 2.24) is 5.32 Å². The lowest BCUT2D eigenvalue weighted by molar-refractivity contribution is 0.0950. The number of ether oxygens (including phenoxy) is 1. The third-order valence-corrected chi connectivity index (χ3v) is 3.46. The maximum Gasteiger partial charge on any atom is 0.255 e. The second-order valence-corrected chi connectivity index (χ2v) is 5.18. The van der Waals surface area contributed by atoms with Gasteiger partial charge in [0.05, 0.1) is 12.7 Å². The summed E-state index contributed by atoms with van der Waals surface area (Å²) in [5.74, 6) is 1.43. The van der Waals surface area contributed by atoms with E-state index in [0.717, 1.165) is 18.6 Å². The third-order valence-electron chi connectivity index (χ3n) is 2.76. The number of hydrogen-bond donors (Lipinski definition) is 2. The number of hydrogen-bond acceptors (Lipinski definition) is 4. The Kier molecular flexibility index (Phi) is 7.18. The maximum absolute atomic E-state index is 11.9. The lowest BCUT2D eigenvalue weighted by atomic mass is 10.1. The van der Waals surface area contributed by atoms with E-state index >= 15 is 0 Å². The van der Waals surface area contributed by atoms with E-state index in [4.69, 9.17) is 4.74 Å². The van der Waals surface area contributed by atoms with E-state index in [0.29, 0.717) is 12.3 Å². The largest absolute Gasteiger partial charge is 0.507 e. The molecule has 4 nitrogen and oxygen atoms in total. The first-order valence-electron chi connectivity index (χ1n) is 6.33. The topological polar surface area (TPSA) is 58.6 Å². The summed E-state index contributed by atoms with van der Waals surface area (Å²) in [7, 11) is 1.53. The lowest BCUT2D eigenvalue weighted by Gasteiger charge is -2.08. The van der Waals surface area contributed by atoms with E-state index in [-0.39, 0.29) is 17.2 Å². The standard InChI is InChI=1S/C14H21NO3S/c1-18-11-6-7-13(16)12(10-11)14(17)15-8-4-3-5-9-19-2/h6-7,10,16H,3-5,8-9H2,1-2H3,(H,15,17). The molecule has 0 saturated heterocycles. The normalized spacial score (nSPS) is 10.2. The Bertz CT molecular complexity index is 410. The molecule has 0 radical (unpaired) electrons. The average molecular weight is 283 g/mol. The number of thioether (sulfide) groups is 1. The number of carbonyl (C=O) groups is 1. The first-order valence-corrected chi connectivity index (χ1v) is 7.72. The third kappa shape index (κ3) is 5.42. The van der Waals surface area contributed by atoms with Crippen LogP contribution in [0.1, 0.15) is 29.6 Å². The van der Waals surface area contributed by atoms with E-state index in [1.54, 1.807) is 12.1 Å². The molecule has 0 unspecified atom stereocenters. The molecule has 0 aromatic heterocycles. The summed E-state index contributed by atoms with van der Waals surface area (Å²) in [6.45, 7) is 0.629. The Labute approximate surface area is 118 Å². The molecule has 19 heavy (non-hydrogen) atoms. The van der Waals surface area contributed by atoms with Crippen molar-refractivity contribution >= 4 is 17.7 Å². The number of aromatic hydroxyl groups is 1. The molecule has 0 saturated carbocycles. The Hall–Kier alpha value is -1.36. The molecule has 0 heterocycles. The van der Waals surface area contributed by atoms with Gasteiger partial charge in [-0.3, -0.25) is 4.79 Å². The first-order chi connectivity index (χ1) is 9.19. The predicted molar refractivity (Wildman–Crippen MR) is 79.2 cm³/mol. The Morgan fingerprint density at radius 1 is 1.37 bits per heavy atom. The molecule has 1 amide bonds. The van der Waals surface area contributed by atoms with Gasteiger partial charge in [0.1, 0.15) is 11.5 Å². The van der Waals surface area contributed by atoms with Gasteiger partial charge >= 0.3 is 0 Å². The fourth-order valence-electron chi connectivity index (χ4n) is 1.67. The van der Waals surface area contributed by atoms with Crippen molar-refractivity contribution in [3.63, 3.8) is 0 Å². The van der Waals surface area contributed by atoms with Crippen LogP contribution >= 0.6 is 11.8 Å². The smallest absolute Gasteiger partial charge is 0.255 e. The van der Waals surface area contributed by atoms with Crippen molar-refractivity contribution in [2.75, 3.05) is 25.7 Å². The molecule has 1 rings (SSSR count). The highest BCUT2D eigenvalue weighted by Crippen LogP contribution is 2.22. The zero-order valence-electron chi connectivity index (χ0n) is 11.4. The number of phenolic OH excluding ortho intramolecular Hbond substituents is 1. The Morgan fingerprint density at radius 3 is 2.84 bits per heavy atom. The van der Waals surface area contributed by atoms with Crippen LogP contribution in [0.25, 0.3) is 0 Å². The van der Waals surface area contributed by atoms with Crippen molar-refractivity contribution in [2.24, 2.45) is 0 Å². The molecule has 0 aliphatic rings. The van der Waals surface area contributed by atoms with Gasteiger partial charge in [-0.25, -0.2) is 0 Å². The highest BCUT2D eigenvalue weighted by Gasteiger charge is 2.11. The van der Waals surface area contributed by atoms with Crippen LogP contribution in [0.3, 0.4) is 0 Å². The molecule has 1 aromatic carbocycles. The van der Waals surface area contributed by atoms with E-state index in [9.17, 15) is 9.90 Å². The summed E-state index contributed by atoms with van der Waals surface area (Å²) >= 11 is 1.83. The SMILES string of the molecule is COc1ccc(O)c(C(=O)NCCCCCSC)c1. The van der Waals surface area contributed by atoms with E-state index in [1.165, 1.54) is 19.6 Å². The van der Waals surface area contributed by atoms with Gasteiger partial charge in [0.25, 0.3) is 5.91 Å². The lowest BCUT2D eigenvalue weighted by Crippen LogP contribution is -2.24. The molecule has 106 valence electrons. The Balaban J connectivity index is 2.40. The van der Waals surface area contributed by atoms with Crippen molar-refractivity contribution in [3.05, 3.63) is 23.8 Å². The molecule has 0 aliphatic heterocycles. The average Bonchev–Trinajstić information content (AvgIpc) is 2.43. The van der Waals surface area contributed by atoms with Crippen LogP contribution in [0.2, 0.25) is 0 Å². The minimum Gasteiger partial charge on any atom is -0.507 e. The summed E-state index contributed by atoms with van der Waals surface area (Å²) < 4.78 is 5.04. The molecular formula is C14H21NO3S. The van der Waals surface area contributed by atoms with Crippen LogP contribution in [-0.4, -0.2) is 36.7 Å². The molecule has 0 fully saturated rings. The fraction of sp³-hybridized carbons (Fsp3) is 0.500. The predicted octanol–water partition coefficient (Wildman–Crippen LogP) is 2.66. The number of phenols is 1. The molecular weight excluding hydrogens is 262 g/mol. The zero-order valence-corrected chi connectivity index (χ0v) is 12.3. The van der Waals surface area contributed by atoms with E-state index in [2.05, 4.69) is 11.6 Å². The summed E-state index contributed by atoms with van der Waals surface area (Å²) in [6.07, 6.45) is 5.32. The van der Waals surface area contributed by atoms with Gasteiger partial charge in [-0.05, 0) is 43.0 Å². The summed E-state index contributed by atoms with van der Waals surface area (Å²) in [6, 6.07) is 4.62. The number of carbonyl (C=O) groups excluding carboxylic acids is 1. The van der Waals surface area contributed by atoms with Crippen LogP contribution in [0, 0.1) is 0 Å². The van der Waals surface area contributed by atoms with Crippen molar-refractivity contribution in [2.45, 2.75) is 19.3 Å². The van der Waals surface area contributed by atoms with Crippen LogP contribution in [0.5, 0.6) is 11.5 Å². The number of rotatable bonds is 8. The second kappa shape index (κ2) is 8.69. The van der Waals surface area contributed by atoms with Crippen LogP contribution in [-0.2, 0) is 0 Å². The fourth-order valence-corrected chi connectivity index (χ4v) is 2.16. The van der Waals surface area contributed by atoms with Crippen molar-refractivity contribution < 1.29 is 14.6 Å². The number of nitrogens with one attached hydrogen (secondary N) is 1. The second-order valence-electron chi connectivity index (χ2n) is 4.19. The van der Waals surface area contributed by atoms with Crippen molar-refractivity contribution in [3.8, 4) is 11.5 Å². The molecule has 0 spiro atoms. The number of benzene rings is 1. The van der Waals surface area contributed by atoms with Crippen LogP contribution in [0.4, 0.5) is 0 Å². The highest BCUT2D eigenvalue weighted by atomic mass is 32.2. The van der Waals surface area contributed by atoms with Gasteiger partial charge in [-0.15, -0.1) is 0 Å². The van der Waals surface area contributed by atoms with Gasteiger partial charge in [0.2, 0.25) is 0 Å². The summed E-state index contributed by atoms with van der Waals surface area (Å²) in [5.41, 5.74) is 0.253. The van der Waals surface area contributed by atoms with Gasteiger partial charge in [-0.1, -0.05) is 6.42 Å². The highest BCUT2D eigenvalue weighted by molar-refractivity contribution is 7.98. The van der Waals surface area contributed by atoms with E-state index < -0.39 is 0 Å². The number of methoxy groups -OCH3 is 1. The quantitative estimate of drug-likeness (QED) is 0.720. The molecule has 2 N–H and O–H groups in total. The monoisotopic (exact) mass is 283 g/mol. The molecule has 0 atom stereocenters.